The molecule has 0 atom stereocenters. The largest absolute Gasteiger partial charge is 0.383 e. The van der Waals surface area contributed by atoms with Crippen molar-refractivity contribution in [1.29, 1.82) is 0 Å². The topological polar surface area (TPSA) is 95.1 Å². The first-order valence-electron chi connectivity index (χ1n) is 7.73. The van der Waals surface area contributed by atoms with E-state index in [1.54, 1.807) is 32.5 Å². The van der Waals surface area contributed by atoms with Crippen LogP contribution in [0.2, 0.25) is 0 Å². The molecule has 25 heavy (non-hydrogen) atoms. The van der Waals surface area contributed by atoms with Gasteiger partial charge >= 0.3 is 0 Å². The minimum Gasteiger partial charge on any atom is -0.383 e. The van der Waals surface area contributed by atoms with E-state index in [-0.39, 0.29) is 5.91 Å². The zero-order valence-electron chi connectivity index (χ0n) is 14.1. The lowest BCUT2D eigenvalue weighted by Gasteiger charge is -2.12. The number of nitrogens with two attached hydrogens (primary N) is 1. The Labute approximate surface area is 145 Å². The molecule has 0 saturated heterocycles. The molecule has 0 saturated carbocycles. The van der Waals surface area contributed by atoms with Crippen LogP contribution in [-0.4, -0.2) is 27.8 Å². The first kappa shape index (κ1) is 16.7. The van der Waals surface area contributed by atoms with Gasteiger partial charge in [0.25, 0.3) is 5.91 Å². The summed E-state index contributed by atoms with van der Waals surface area (Å²) >= 11 is 0. The number of aromatic nitrogens is 3. The van der Waals surface area contributed by atoms with E-state index < -0.39 is 0 Å². The number of nitrogens with one attached hydrogen (secondary N) is 1. The van der Waals surface area contributed by atoms with Crippen LogP contribution in [0.25, 0.3) is 11.1 Å². The predicted molar refractivity (Wildman–Crippen MR) is 96.0 cm³/mol. The van der Waals surface area contributed by atoms with Crippen LogP contribution in [0.4, 0.5) is 11.6 Å². The molecule has 0 spiro atoms. The maximum atomic E-state index is 12.2. The molecule has 0 aliphatic rings. The van der Waals surface area contributed by atoms with E-state index in [1.807, 2.05) is 30.3 Å². The fourth-order valence-electron chi connectivity index (χ4n) is 2.61. The summed E-state index contributed by atoms with van der Waals surface area (Å²) in [5.41, 5.74) is 9.34. The van der Waals surface area contributed by atoms with Crippen molar-refractivity contribution >= 4 is 17.5 Å². The molecule has 0 radical (unpaired) electrons. The van der Waals surface area contributed by atoms with Gasteiger partial charge in [0.15, 0.2) is 0 Å². The number of carbonyl (C=O) groups excluding carboxylic acids is 1. The van der Waals surface area contributed by atoms with Gasteiger partial charge in [-0.05, 0) is 29.3 Å². The van der Waals surface area contributed by atoms with Crippen LogP contribution in [0.1, 0.15) is 16.1 Å². The second kappa shape index (κ2) is 7.14. The van der Waals surface area contributed by atoms with Crippen LogP contribution in [0.3, 0.4) is 0 Å². The van der Waals surface area contributed by atoms with Gasteiger partial charge in [-0.3, -0.25) is 9.48 Å². The Bertz CT molecular complexity index is 904. The number of nitrogens with zero attached hydrogens (tertiary/aromatic N) is 3. The number of amides is 1. The van der Waals surface area contributed by atoms with Crippen molar-refractivity contribution in [2.24, 2.45) is 7.05 Å². The summed E-state index contributed by atoms with van der Waals surface area (Å²) in [5.74, 6) is 0.433. The predicted octanol–water partition coefficient (Wildman–Crippen LogP) is 2.46. The van der Waals surface area contributed by atoms with Crippen LogP contribution in [0.5, 0.6) is 0 Å². The Hall–Kier alpha value is -3.19. The first-order valence-corrected chi connectivity index (χ1v) is 7.73. The molecule has 0 bridgehead atoms. The number of ether oxygens (including phenoxy) is 1. The molecule has 0 aliphatic carbocycles. The number of anilines is 2. The molecule has 0 unspecified atom stereocenters. The fourth-order valence-corrected chi connectivity index (χ4v) is 2.61. The molecule has 0 aliphatic heterocycles. The van der Waals surface area contributed by atoms with Crippen molar-refractivity contribution in [2.45, 2.75) is 6.61 Å². The molecular weight excluding hydrogens is 318 g/mol. The van der Waals surface area contributed by atoms with E-state index in [0.29, 0.717) is 23.9 Å². The molecular formula is C18H19N5O2. The summed E-state index contributed by atoms with van der Waals surface area (Å²) < 4.78 is 6.73. The summed E-state index contributed by atoms with van der Waals surface area (Å²) in [7, 11) is 3.35. The molecule has 3 aromatic rings. The minimum absolute atomic E-state index is 0.292. The highest BCUT2D eigenvalue weighted by molar-refractivity contribution is 6.02. The number of aryl methyl sites for hydroxylation is 1. The number of hydrogen-bond donors (Lipinski definition) is 2. The zero-order valence-corrected chi connectivity index (χ0v) is 14.1. The molecule has 3 rings (SSSR count). The summed E-state index contributed by atoms with van der Waals surface area (Å²) in [6.45, 7) is 0.481. The molecule has 0 fully saturated rings. The highest BCUT2D eigenvalue weighted by Crippen LogP contribution is 2.29. The van der Waals surface area contributed by atoms with Gasteiger partial charge in [0.05, 0.1) is 6.61 Å². The average molecular weight is 337 g/mol. The molecule has 3 N–H and O–H groups in total. The summed E-state index contributed by atoms with van der Waals surface area (Å²) in [6.07, 6.45) is 1.56. The summed E-state index contributed by atoms with van der Waals surface area (Å²) in [4.78, 5) is 16.5. The fraction of sp³-hybridized carbons (Fsp3) is 0.167. The Morgan fingerprint density at radius 2 is 2.00 bits per heavy atom. The molecule has 1 amide bonds. The SMILES string of the molecule is COCc1ccccc1-c1ccc(NC(=O)c2ccnn2C)nc1N. The molecule has 2 aromatic heterocycles. The standard InChI is InChI=1S/C18H19N5O2/c1-23-15(9-10-20-23)18(24)22-16-8-7-14(17(19)21-16)13-6-4-3-5-12(13)11-25-2/h3-10H,11H2,1-2H3,(H3,19,21,22,24). The number of pyridine rings is 1. The summed E-state index contributed by atoms with van der Waals surface area (Å²) in [5, 5.41) is 6.71. The number of methoxy groups -OCH3 is 1. The first-order chi connectivity index (χ1) is 12.1. The molecule has 2 heterocycles. The van der Waals surface area contributed by atoms with Crippen LogP contribution in [0.15, 0.2) is 48.7 Å². The second-order valence-corrected chi connectivity index (χ2v) is 5.51. The van der Waals surface area contributed by atoms with Gasteiger partial charge in [-0.2, -0.15) is 5.10 Å². The van der Waals surface area contributed by atoms with Crippen molar-refractivity contribution < 1.29 is 9.53 Å². The third-order valence-corrected chi connectivity index (χ3v) is 3.83. The maximum absolute atomic E-state index is 12.2. The molecule has 7 nitrogen and oxygen atoms in total. The monoisotopic (exact) mass is 337 g/mol. The lowest BCUT2D eigenvalue weighted by atomic mass is 10.0. The van der Waals surface area contributed by atoms with Crippen LogP contribution < -0.4 is 11.1 Å². The highest BCUT2D eigenvalue weighted by Gasteiger charge is 2.13. The average Bonchev–Trinajstić information content (AvgIpc) is 3.02. The van der Waals surface area contributed by atoms with Crippen molar-refractivity contribution in [1.82, 2.24) is 14.8 Å². The van der Waals surface area contributed by atoms with Crippen molar-refractivity contribution in [3.8, 4) is 11.1 Å². The molecule has 7 heteroatoms. The Balaban J connectivity index is 1.87. The van der Waals surface area contributed by atoms with E-state index in [0.717, 1.165) is 16.7 Å². The van der Waals surface area contributed by atoms with Gasteiger partial charge in [-0.1, -0.05) is 24.3 Å². The van der Waals surface area contributed by atoms with Crippen molar-refractivity contribution in [3.63, 3.8) is 0 Å². The smallest absolute Gasteiger partial charge is 0.275 e. The van der Waals surface area contributed by atoms with E-state index in [4.69, 9.17) is 10.5 Å². The Kier molecular flexibility index (Phi) is 4.76. The normalized spacial score (nSPS) is 10.6. The van der Waals surface area contributed by atoms with Gasteiger partial charge in [0.2, 0.25) is 0 Å². The van der Waals surface area contributed by atoms with E-state index in [1.165, 1.54) is 4.68 Å². The zero-order chi connectivity index (χ0) is 17.8. The molecule has 1 aromatic carbocycles. The van der Waals surface area contributed by atoms with Gasteiger partial charge in [-0.15, -0.1) is 0 Å². The van der Waals surface area contributed by atoms with Gasteiger partial charge in [0.1, 0.15) is 17.3 Å². The molecule has 128 valence electrons. The van der Waals surface area contributed by atoms with Gasteiger partial charge < -0.3 is 15.8 Å². The third-order valence-electron chi connectivity index (χ3n) is 3.83. The Morgan fingerprint density at radius 1 is 1.20 bits per heavy atom. The van der Waals surface area contributed by atoms with E-state index >= 15 is 0 Å². The van der Waals surface area contributed by atoms with Crippen LogP contribution >= 0.6 is 0 Å². The maximum Gasteiger partial charge on any atom is 0.275 e. The minimum atomic E-state index is -0.292. The van der Waals surface area contributed by atoms with E-state index in [2.05, 4.69) is 15.4 Å². The number of benzene rings is 1. The summed E-state index contributed by atoms with van der Waals surface area (Å²) in [6, 6.07) is 13.0. The third kappa shape index (κ3) is 3.51. The van der Waals surface area contributed by atoms with E-state index in [9.17, 15) is 4.79 Å². The van der Waals surface area contributed by atoms with Crippen LogP contribution in [0, 0.1) is 0 Å². The van der Waals surface area contributed by atoms with Gasteiger partial charge in [0, 0.05) is 25.9 Å². The number of carbonyl (C=O) groups is 1. The number of rotatable bonds is 5. The number of hydrogen-bond acceptors (Lipinski definition) is 5. The highest BCUT2D eigenvalue weighted by atomic mass is 16.5. The lowest BCUT2D eigenvalue weighted by molar-refractivity contribution is 0.101. The lowest BCUT2D eigenvalue weighted by Crippen LogP contribution is -2.17. The quantitative estimate of drug-likeness (QED) is 0.746. The second-order valence-electron chi connectivity index (χ2n) is 5.51. The Morgan fingerprint density at radius 3 is 2.68 bits per heavy atom. The van der Waals surface area contributed by atoms with Crippen molar-refractivity contribution in [3.05, 3.63) is 59.9 Å². The van der Waals surface area contributed by atoms with Crippen LogP contribution in [-0.2, 0) is 18.4 Å². The van der Waals surface area contributed by atoms with Gasteiger partial charge in [-0.25, -0.2) is 4.98 Å². The number of nitrogen functional groups attached to an aromatic ring is 1. The van der Waals surface area contributed by atoms with Crippen molar-refractivity contribution in [2.75, 3.05) is 18.2 Å².